The van der Waals surface area contributed by atoms with Gasteiger partial charge in [-0.15, -0.1) is 0 Å². The van der Waals surface area contributed by atoms with Gasteiger partial charge in [0.25, 0.3) is 0 Å². The van der Waals surface area contributed by atoms with Crippen molar-refractivity contribution in [2.75, 3.05) is 10.6 Å². The van der Waals surface area contributed by atoms with E-state index in [1.165, 1.54) is 13.0 Å². The Kier molecular flexibility index (Phi) is 5.35. The summed E-state index contributed by atoms with van der Waals surface area (Å²) in [5.74, 6) is 0.515. The number of hydrogen-bond acceptors (Lipinski definition) is 4. The fourth-order valence-corrected chi connectivity index (χ4v) is 2.51. The number of nitrogens with zero attached hydrogens (tertiary/aromatic N) is 1. The van der Waals surface area contributed by atoms with E-state index in [-0.39, 0.29) is 17.7 Å². The fraction of sp³-hybridized carbons (Fsp3) is 0.190. The Hall–Kier alpha value is -3.41. The molecule has 2 N–H and O–H groups in total. The van der Waals surface area contributed by atoms with Crippen LogP contribution in [0.5, 0.6) is 0 Å². The van der Waals surface area contributed by atoms with Crippen molar-refractivity contribution in [3.8, 4) is 0 Å². The van der Waals surface area contributed by atoms with E-state index in [1.807, 2.05) is 26.0 Å². The van der Waals surface area contributed by atoms with Crippen molar-refractivity contribution in [2.45, 2.75) is 26.7 Å². The van der Waals surface area contributed by atoms with E-state index in [0.717, 1.165) is 5.56 Å². The second kappa shape index (κ2) is 7.86. The van der Waals surface area contributed by atoms with Crippen LogP contribution in [0, 0.1) is 0 Å². The summed E-state index contributed by atoms with van der Waals surface area (Å²) in [6.07, 6.45) is 3.17. The van der Waals surface area contributed by atoms with Crippen LogP contribution in [0.25, 0.3) is 17.2 Å². The summed E-state index contributed by atoms with van der Waals surface area (Å²) in [4.78, 5) is 27.6. The first kappa shape index (κ1) is 18.4. The van der Waals surface area contributed by atoms with Crippen molar-refractivity contribution in [2.24, 2.45) is 0 Å². The van der Waals surface area contributed by atoms with E-state index in [0.29, 0.717) is 28.4 Å². The lowest BCUT2D eigenvalue weighted by Crippen LogP contribution is -2.07. The van der Waals surface area contributed by atoms with Crippen LogP contribution >= 0.6 is 0 Å². The van der Waals surface area contributed by atoms with Crippen molar-refractivity contribution in [1.29, 1.82) is 0 Å². The van der Waals surface area contributed by atoms with Crippen LogP contribution in [-0.2, 0) is 9.59 Å². The quantitative estimate of drug-likeness (QED) is 0.651. The molecule has 6 nitrogen and oxygen atoms in total. The minimum atomic E-state index is -0.243. The molecule has 3 rings (SSSR count). The van der Waals surface area contributed by atoms with Gasteiger partial charge in [0.05, 0.1) is 0 Å². The lowest BCUT2D eigenvalue weighted by molar-refractivity contribution is -0.114. The topological polar surface area (TPSA) is 84.2 Å². The molecule has 0 atom stereocenters. The van der Waals surface area contributed by atoms with Gasteiger partial charge in [-0.1, -0.05) is 26.0 Å². The van der Waals surface area contributed by atoms with E-state index in [2.05, 4.69) is 15.6 Å². The van der Waals surface area contributed by atoms with E-state index >= 15 is 0 Å². The van der Waals surface area contributed by atoms with Crippen LogP contribution in [0.4, 0.5) is 11.4 Å². The summed E-state index contributed by atoms with van der Waals surface area (Å²) in [7, 11) is 0. The molecule has 0 aliphatic rings. The average molecular weight is 363 g/mol. The maximum atomic E-state index is 12.1. The summed E-state index contributed by atoms with van der Waals surface area (Å²) in [6, 6.07) is 12.6. The lowest BCUT2D eigenvalue weighted by Gasteiger charge is -2.02. The zero-order valence-electron chi connectivity index (χ0n) is 15.4. The number of fused-ring (bicyclic) bond motifs is 1. The van der Waals surface area contributed by atoms with Gasteiger partial charge in [-0.3, -0.25) is 9.59 Å². The van der Waals surface area contributed by atoms with Gasteiger partial charge in [0, 0.05) is 30.3 Å². The zero-order valence-corrected chi connectivity index (χ0v) is 15.4. The van der Waals surface area contributed by atoms with E-state index in [4.69, 9.17) is 4.42 Å². The first-order valence-electron chi connectivity index (χ1n) is 8.68. The predicted octanol–water partition coefficient (Wildman–Crippen LogP) is 4.56. The molecule has 0 radical (unpaired) electrons. The number of rotatable bonds is 5. The molecule has 0 bridgehead atoms. The second-order valence-electron chi connectivity index (χ2n) is 6.52. The molecule has 0 aliphatic carbocycles. The highest BCUT2D eigenvalue weighted by Crippen LogP contribution is 2.23. The third-order valence-corrected chi connectivity index (χ3v) is 3.82. The van der Waals surface area contributed by atoms with Gasteiger partial charge in [-0.05, 0) is 42.0 Å². The molecule has 2 amide bonds. The SMILES string of the molecule is CC(=O)Nc1ccc(/C=C/C(=O)Nc2ccc3oc(C(C)C)nc3c2)cc1. The van der Waals surface area contributed by atoms with Crippen LogP contribution in [0.1, 0.15) is 38.1 Å². The zero-order chi connectivity index (χ0) is 19.4. The highest BCUT2D eigenvalue weighted by Gasteiger charge is 2.10. The summed E-state index contributed by atoms with van der Waals surface area (Å²) >= 11 is 0. The molecule has 0 unspecified atom stereocenters. The number of nitrogens with one attached hydrogen (secondary N) is 2. The Balaban J connectivity index is 1.65. The number of amides is 2. The van der Waals surface area contributed by atoms with E-state index in [9.17, 15) is 9.59 Å². The molecule has 3 aromatic rings. The molecular formula is C21H21N3O3. The number of carbonyl (C=O) groups is 2. The molecule has 138 valence electrons. The summed E-state index contributed by atoms with van der Waals surface area (Å²) in [5.41, 5.74) is 3.64. The first-order chi connectivity index (χ1) is 12.9. The highest BCUT2D eigenvalue weighted by molar-refractivity contribution is 6.02. The van der Waals surface area contributed by atoms with Crippen molar-refractivity contribution in [3.63, 3.8) is 0 Å². The monoisotopic (exact) mass is 363 g/mol. The number of benzene rings is 2. The summed E-state index contributed by atoms with van der Waals surface area (Å²) in [6.45, 7) is 5.49. The smallest absolute Gasteiger partial charge is 0.248 e. The molecule has 0 spiro atoms. The van der Waals surface area contributed by atoms with Crippen LogP contribution in [0.15, 0.2) is 53.0 Å². The highest BCUT2D eigenvalue weighted by atomic mass is 16.3. The fourth-order valence-electron chi connectivity index (χ4n) is 2.51. The number of aromatic nitrogens is 1. The van der Waals surface area contributed by atoms with Gasteiger partial charge in [0.1, 0.15) is 5.52 Å². The minimum absolute atomic E-state index is 0.123. The maximum Gasteiger partial charge on any atom is 0.248 e. The third kappa shape index (κ3) is 4.82. The molecule has 0 fully saturated rings. The molecule has 2 aromatic carbocycles. The maximum absolute atomic E-state index is 12.1. The van der Waals surface area contributed by atoms with Crippen molar-refractivity contribution in [1.82, 2.24) is 4.98 Å². The average Bonchev–Trinajstić information content (AvgIpc) is 3.04. The number of carbonyl (C=O) groups excluding carboxylic acids is 2. The Bertz CT molecular complexity index is 1000. The molecule has 6 heteroatoms. The lowest BCUT2D eigenvalue weighted by atomic mass is 10.2. The van der Waals surface area contributed by atoms with E-state index in [1.54, 1.807) is 36.4 Å². The molecule has 0 saturated carbocycles. The van der Waals surface area contributed by atoms with Crippen molar-refractivity contribution >= 4 is 40.4 Å². The normalized spacial score (nSPS) is 11.3. The largest absolute Gasteiger partial charge is 0.440 e. The molecule has 1 heterocycles. The molecule has 1 aromatic heterocycles. The molecule has 27 heavy (non-hydrogen) atoms. The Morgan fingerprint density at radius 2 is 1.74 bits per heavy atom. The predicted molar refractivity (Wildman–Crippen MR) is 107 cm³/mol. The van der Waals surface area contributed by atoms with Gasteiger partial charge >= 0.3 is 0 Å². The Labute approximate surface area is 157 Å². The van der Waals surface area contributed by atoms with E-state index < -0.39 is 0 Å². The van der Waals surface area contributed by atoms with Gasteiger partial charge in [-0.2, -0.15) is 0 Å². The molecular weight excluding hydrogens is 342 g/mol. The van der Waals surface area contributed by atoms with Crippen LogP contribution in [0.3, 0.4) is 0 Å². The summed E-state index contributed by atoms with van der Waals surface area (Å²) < 4.78 is 5.66. The van der Waals surface area contributed by atoms with Gasteiger partial charge in [0.2, 0.25) is 11.8 Å². The number of anilines is 2. The Morgan fingerprint density at radius 1 is 1.04 bits per heavy atom. The van der Waals surface area contributed by atoms with Gasteiger partial charge < -0.3 is 15.1 Å². The van der Waals surface area contributed by atoms with Crippen molar-refractivity contribution < 1.29 is 14.0 Å². The summed E-state index contributed by atoms with van der Waals surface area (Å²) in [5, 5.41) is 5.51. The van der Waals surface area contributed by atoms with Crippen LogP contribution < -0.4 is 10.6 Å². The van der Waals surface area contributed by atoms with Gasteiger partial charge in [-0.25, -0.2) is 4.98 Å². The van der Waals surface area contributed by atoms with Crippen LogP contribution in [-0.4, -0.2) is 16.8 Å². The molecule has 0 aliphatic heterocycles. The minimum Gasteiger partial charge on any atom is -0.440 e. The van der Waals surface area contributed by atoms with Gasteiger partial charge in [0.15, 0.2) is 11.5 Å². The Morgan fingerprint density at radius 3 is 2.41 bits per heavy atom. The first-order valence-corrected chi connectivity index (χ1v) is 8.68. The third-order valence-electron chi connectivity index (χ3n) is 3.82. The number of oxazole rings is 1. The second-order valence-corrected chi connectivity index (χ2v) is 6.52. The molecule has 0 saturated heterocycles. The van der Waals surface area contributed by atoms with Crippen molar-refractivity contribution in [3.05, 3.63) is 60.0 Å². The van der Waals surface area contributed by atoms with Crippen LogP contribution in [0.2, 0.25) is 0 Å². The standard InChI is InChI=1S/C21H21N3O3/c1-13(2)21-24-18-12-17(9-10-19(18)27-21)23-20(26)11-6-15-4-7-16(8-5-15)22-14(3)25/h4-13H,1-3H3,(H,22,25)(H,23,26)/b11-6+. The number of hydrogen-bond donors (Lipinski definition) is 2.